The first-order valence-corrected chi connectivity index (χ1v) is 5.50. The van der Waals surface area contributed by atoms with E-state index in [4.69, 9.17) is 26.8 Å². The quantitative estimate of drug-likeness (QED) is 0.745. The molecule has 0 aliphatic carbocycles. The van der Waals surface area contributed by atoms with Gasteiger partial charge in [-0.2, -0.15) is 0 Å². The third-order valence-electron chi connectivity index (χ3n) is 2.09. The minimum absolute atomic E-state index is 0.0438. The third kappa shape index (κ3) is 3.99. The van der Waals surface area contributed by atoms with Crippen LogP contribution in [-0.4, -0.2) is 43.4 Å². The van der Waals surface area contributed by atoms with Crippen molar-refractivity contribution in [3.05, 3.63) is 11.0 Å². The van der Waals surface area contributed by atoms with Gasteiger partial charge in [0.1, 0.15) is 11.5 Å². The molecular formula is C10H17ClN4O2. The van der Waals surface area contributed by atoms with E-state index in [1.807, 2.05) is 0 Å². The average Bonchev–Trinajstić information content (AvgIpc) is 2.26. The van der Waals surface area contributed by atoms with Crippen LogP contribution in [-0.2, 0) is 9.47 Å². The van der Waals surface area contributed by atoms with Gasteiger partial charge >= 0.3 is 0 Å². The molecule has 0 aromatic carbocycles. The number of aromatic nitrogens is 2. The number of methoxy groups -OCH3 is 2. The Morgan fingerprint density at radius 1 is 1.29 bits per heavy atom. The maximum atomic E-state index is 5.88. The van der Waals surface area contributed by atoms with Crippen molar-refractivity contribution in [3.8, 4) is 0 Å². The van der Waals surface area contributed by atoms with Crippen molar-refractivity contribution in [2.24, 2.45) is 0 Å². The summed E-state index contributed by atoms with van der Waals surface area (Å²) in [6, 6.07) is -0.0438. The summed E-state index contributed by atoms with van der Waals surface area (Å²) < 4.78 is 10.1. The lowest BCUT2D eigenvalue weighted by Gasteiger charge is -2.19. The van der Waals surface area contributed by atoms with Crippen LogP contribution in [0.25, 0.3) is 0 Å². The third-order valence-corrected chi connectivity index (χ3v) is 2.38. The molecule has 0 aliphatic rings. The molecule has 6 nitrogen and oxygen atoms in total. The van der Waals surface area contributed by atoms with E-state index in [0.717, 1.165) is 0 Å². The van der Waals surface area contributed by atoms with Crippen molar-refractivity contribution in [2.45, 2.75) is 13.0 Å². The molecule has 1 heterocycles. The highest BCUT2D eigenvalue weighted by Gasteiger charge is 2.13. The molecule has 96 valence electrons. The fraction of sp³-hybridized carbons (Fsp3) is 0.600. The number of ether oxygens (including phenoxy) is 2. The maximum Gasteiger partial charge on any atom is 0.157 e. The standard InChI is InChI=1S/C10H17ClN4O2/c1-6-13-9(11)8(12)10(14-6)15-7(4-16-2)5-17-3/h7H,4-5,12H2,1-3H3,(H,13,14,15). The van der Waals surface area contributed by atoms with Crippen molar-refractivity contribution in [2.75, 3.05) is 38.5 Å². The largest absolute Gasteiger partial charge is 0.393 e. The summed E-state index contributed by atoms with van der Waals surface area (Å²) in [6.07, 6.45) is 0. The molecule has 0 saturated heterocycles. The lowest BCUT2D eigenvalue weighted by Crippen LogP contribution is -2.30. The molecule has 0 bridgehead atoms. The highest BCUT2D eigenvalue weighted by atomic mass is 35.5. The molecule has 0 spiro atoms. The minimum atomic E-state index is -0.0438. The molecule has 17 heavy (non-hydrogen) atoms. The van der Waals surface area contributed by atoms with Crippen molar-refractivity contribution in [3.63, 3.8) is 0 Å². The minimum Gasteiger partial charge on any atom is -0.393 e. The van der Waals surface area contributed by atoms with Crippen LogP contribution in [0.2, 0.25) is 5.15 Å². The van der Waals surface area contributed by atoms with Gasteiger partial charge in [0.2, 0.25) is 0 Å². The summed E-state index contributed by atoms with van der Waals surface area (Å²) in [4.78, 5) is 8.15. The van der Waals surface area contributed by atoms with Crippen LogP contribution >= 0.6 is 11.6 Å². The molecule has 0 atom stereocenters. The highest BCUT2D eigenvalue weighted by Crippen LogP contribution is 2.23. The molecule has 0 saturated carbocycles. The Kier molecular flexibility index (Phi) is 5.40. The fourth-order valence-electron chi connectivity index (χ4n) is 1.38. The van der Waals surface area contributed by atoms with Crippen LogP contribution < -0.4 is 11.1 Å². The Bertz CT molecular complexity index is 370. The second-order valence-electron chi connectivity index (χ2n) is 3.58. The van der Waals surface area contributed by atoms with Gasteiger partial charge in [-0.05, 0) is 6.92 Å². The first-order chi connectivity index (χ1) is 8.08. The Hall–Kier alpha value is -1.11. The van der Waals surface area contributed by atoms with Gasteiger partial charge < -0.3 is 20.5 Å². The zero-order chi connectivity index (χ0) is 12.8. The Balaban J connectivity index is 2.84. The number of hydrogen-bond acceptors (Lipinski definition) is 6. The summed E-state index contributed by atoms with van der Waals surface area (Å²) in [5.74, 6) is 1.06. The van der Waals surface area contributed by atoms with Crippen LogP contribution in [0.4, 0.5) is 11.5 Å². The molecule has 0 aliphatic heterocycles. The number of anilines is 2. The van der Waals surface area contributed by atoms with Gasteiger partial charge in [0, 0.05) is 14.2 Å². The van der Waals surface area contributed by atoms with Crippen LogP contribution in [0, 0.1) is 6.92 Å². The Labute approximate surface area is 105 Å². The zero-order valence-corrected chi connectivity index (χ0v) is 10.9. The lowest BCUT2D eigenvalue weighted by molar-refractivity contribution is 0.126. The zero-order valence-electron chi connectivity index (χ0n) is 10.2. The van der Waals surface area contributed by atoms with E-state index in [0.29, 0.717) is 30.5 Å². The van der Waals surface area contributed by atoms with Crippen molar-refractivity contribution >= 4 is 23.1 Å². The first-order valence-electron chi connectivity index (χ1n) is 5.12. The first kappa shape index (κ1) is 14.0. The molecule has 1 aromatic heterocycles. The predicted octanol–water partition coefficient (Wildman–Crippen LogP) is 1.09. The molecule has 1 rings (SSSR count). The topological polar surface area (TPSA) is 82.3 Å². The van der Waals surface area contributed by atoms with Gasteiger partial charge in [-0.3, -0.25) is 0 Å². The summed E-state index contributed by atoms with van der Waals surface area (Å²) >= 11 is 5.88. The number of nitrogen functional groups attached to an aromatic ring is 1. The number of nitrogens with zero attached hydrogens (tertiary/aromatic N) is 2. The number of halogens is 1. The van der Waals surface area contributed by atoms with E-state index >= 15 is 0 Å². The molecule has 0 fully saturated rings. The van der Waals surface area contributed by atoms with Crippen LogP contribution in [0.1, 0.15) is 5.82 Å². The average molecular weight is 261 g/mol. The monoisotopic (exact) mass is 260 g/mol. The summed E-state index contributed by atoms with van der Waals surface area (Å²) in [7, 11) is 3.23. The molecular weight excluding hydrogens is 244 g/mol. The van der Waals surface area contributed by atoms with E-state index in [1.54, 1.807) is 21.1 Å². The predicted molar refractivity (Wildman–Crippen MR) is 67.4 cm³/mol. The highest BCUT2D eigenvalue weighted by molar-refractivity contribution is 6.32. The number of hydrogen-bond donors (Lipinski definition) is 2. The smallest absolute Gasteiger partial charge is 0.157 e. The van der Waals surface area contributed by atoms with Gasteiger partial charge in [-0.25, -0.2) is 9.97 Å². The molecule has 0 unspecified atom stereocenters. The van der Waals surface area contributed by atoms with Crippen molar-refractivity contribution < 1.29 is 9.47 Å². The van der Waals surface area contributed by atoms with Crippen LogP contribution in [0.5, 0.6) is 0 Å². The van der Waals surface area contributed by atoms with E-state index in [-0.39, 0.29) is 11.2 Å². The van der Waals surface area contributed by atoms with Crippen molar-refractivity contribution in [1.82, 2.24) is 9.97 Å². The van der Waals surface area contributed by atoms with Gasteiger partial charge in [0.25, 0.3) is 0 Å². The summed E-state index contributed by atoms with van der Waals surface area (Å²) in [5.41, 5.74) is 6.12. The second kappa shape index (κ2) is 6.58. The van der Waals surface area contributed by atoms with E-state index in [1.165, 1.54) is 0 Å². The van der Waals surface area contributed by atoms with Crippen LogP contribution in [0.15, 0.2) is 0 Å². The van der Waals surface area contributed by atoms with E-state index < -0.39 is 0 Å². The van der Waals surface area contributed by atoms with E-state index in [9.17, 15) is 0 Å². The number of nitrogens with one attached hydrogen (secondary N) is 1. The van der Waals surface area contributed by atoms with E-state index in [2.05, 4.69) is 15.3 Å². The molecule has 0 radical (unpaired) electrons. The summed E-state index contributed by atoms with van der Waals surface area (Å²) in [6.45, 7) is 2.71. The Morgan fingerprint density at radius 3 is 2.41 bits per heavy atom. The molecule has 3 N–H and O–H groups in total. The van der Waals surface area contributed by atoms with Gasteiger partial charge in [0.05, 0.1) is 19.3 Å². The normalized spacial score (nSPS) is 10.9. The number of aryl methyl sites for hydroxylation is 1. The Morgan fingerprint density at radius 2 is 1.88 bits per heavy atom. The second-order valence-corrected chi connectivity index (χ2v) is 3.93. The molecule has 7 heteroatoms. The van der Waals surface area contributed by atoms with Gasteiger partial charge in [-0.15, -0.1) is 0 Å². The molecule has 1 aromatic rings. The number of rotatable bonds is 6. The number of nitrogens with two attached hydrogens (primary N) is 1. The lowest BCUT2D eigenvalue weighted by atomic mass is 10.3. The summed E-state index contributed by atoms with van der Waals surface area (Å²) in [5, 5.41) is 3.36. The fourth-order valence-corrected chi connectivity index (χ4v) is 1.60. The van der Waals surface area contributed by atoms with Crippen LogP contribution in [0.3, 0.4) is 0 Å². The molecule has 0 amide bonds. The van der Waals surface area contributed by atoms with Crippen molar-refractivity contribution in [1.29, 1.82) is 0 Å². The SMILES string of the molecule is COCC(COC)Nc1nc(C)nc(Cl)c1N. The van der Waals surface area contributed by atoms with Gasteiger partial charge in [0.15, 0.2) is 11.0 Å². The van der Waals surface area contributed by atoms with Gasteiger partial charge in [-0.1, -0.05) is 11.6 Å². The maximum absolute atomic E-state index is 5.88.